The lowest BCUT2D eigenvalue weighted by atomic mass is 9.81. The van der Waals surface area contributed by atoms with Crippen molar-refractivity contribution in [2.24, 2.45) is 11.3 Å². The van der Waals surface area contributed by atoms with Gasteiger partial charge in [0.1, 0.15) is 5.82 Å². The molecule has 3 nitrogen and oxygen atoms in total. The van der Waals surface area contributed by atoms with E-state index in [0.29, 0.717) is 5.92 Å². The van der Waals surface area contributed by atoms with Crippen LogP contribution in [-0.2, 0) is 0 Å². The molecule has 0 fully saturated rings. The molecule has 0 bridgehead atoms. The summed E-state index contributed by atoms with van der Waals surface area (Å²) in [7, 11) is 0. The predicted molar refractivity (Wildman–Crippen MR) is 63.9 cm³/mol. The van der Waals surface area contributed by atoms with Crippen molar-refractivity contribution < 1.29 is 0 Å². The molecule has 15 heavy (non-hydrogen) atoms. The van der Waals surface area contributed by atoms with Crippen LogP contribution >= 0.6 is 0 Å². The summed E-state index contributed by atoms with van der Waals surface area (Å²) in [6, 6.07) is 2.02. The molecule has 0 radical (unpaired) electrons. The number of nitrogens with one attached hydrogen (secondary N) is 1. The van der Waals surface area contributed by atoms with Crippen LogP contribution in [0, 0.1) is 18.3 Å². The Kier molecular flexibility index (Phi) is 3.66. The first-order valence-electron chi connectivity index (χ1n) is 5.45. The Morgan fingerprint density at radius 3 is 2.60 bits per heavy atom. The van der Waals surface area contributed by atoms with Gasteiger partial charge in [-0.3, -0.25) is 0 Å². The lowest BCUT2D eigenvalue weighted by Crippen LogP contribution is -2.28. The minimum absolute atomic E-state index is 0.269. The van der Waals surface area contributed by atoms with Crippen molar-refractivity contribution in [1.82, 2.24) is 10.2 Å². The maximum Gasteiger partial charge on any atom is 0.148 e. The van der Waals surface area contributed by atoms with E-state index in [1.807, 2.05) is 13.0 Å². The summed E-state index contributed by atoms with van der Waals surface area (Å²) in [4.78, 5) is 0. The van der Waals surface area contributed by atoms with Gasteiger partial charge in [-0.1, -0.05) is 27.7 Å². The smallest absolute Gasteiger partial charge is 0.148 e. The van der Waals surface area contributed by atoms with Crippen molar-refractivity contribution in [2.75, 3.05) is 11.9 Å². The Balaban J connectivity index is 2.57. The summed E-state index contributed by atoms with van der Waals surface area (Å²) in [6.07, 6.45) is 1.76. The zero-order valence-corrected chi connectivity index (χ0v) is 10.3. The van der Waals surface area contributed by atoms with Crippen molar-refractivity contribution >= 4 is 5.82 Å². The molecule has 3 heteroatoms. The van der Waals surface area contributed by atoms with E-state index < -0.39 is 0 Å². The minimum Gasteiger partial charge on any atom is -0.368 e. The molecule has 0 saturated heterocycles. The SMILES string of the molecule is Cc1cnnc(NCC(C)(C)C(C)C)c1. The van der Waals surface area contributed by atoms with Gasteiger partial charge in [-0.15, -0.1) is 5.10 Å². The molecule has 0 unspecified atom stereocenters. The van der Waals surface area contributed by atoms with Crippen molar-refractivity contribution in [2.45, 2.75) is 34.6 Å². The van der Waals surface area contributed by atoms with Crippen LogP contribution in [-0.4, -0.2) is 16.7 Å². The highest BCUT2D eigenvalue weighted by Gasteiger charge is 2.21. The zero-order chi connectivity index (χ0) is 11.5. The summed E-state index contributed by atoms with van der Waals surface area (Å²) < 4.78 is 0. The molecule has 0 saturated carbocycles. The van der Waals surface area contributed by atoms with Crippen molar-refractivity contribution in [3.8, 4) is 0 Å². The largest absolute Gasteiger partial charge is 0.368 e. The molecule has 0 amide bonds. The van der Waals surface area contributed by atoms with Gasteiger partial charge in [-0.05, 0) is 29.9 Å². The molecule has 84 valence electrons. The number of hydrogen-bond donors (Lipinski definition) is 1. The first kappa shape index (κ1) is 12.0. The lowest BCUT2D eigenvalue weighted by molar-refractivity contribution is 0.269. The Bertz CT molecular complexity index is 318. The maximum absolute atomic E-state index is 4.04. The molecule has 0 atom stereocenters. The van der Waals surface area contributed by atoms with Gasteiger partial charge in [0, 0.05) is 6.54 Å². The van der Waals surface area contributed by atoms with E-state index in [1.165, 1.54) is 0 Å². The van der Waals surface area contributed by atoms with Crippen LogP contribution in [0.15, 0.2) is 12.3 Å². The summed E-state index contributed by atoms with van der Waals surface area (Å²) in [5.41, 5.74) is 1.40. The summed E-state index contributed by atoms with van der Waals surface area (Å²) in [5, 5.41) is 11.3. The third-order valence-electron chi connectivity index (χ3n) is 3.08. The summed E-state index contributed by atoms with van der Waals surface area (Å²) >= 11 is 0. The number of nitrogens with zero attached hydrogens (tertiary/aromatic N) is 2. The Hall–Kier alpha value is -1.12. The second-order valence-electron chi connectivity index (χ2n) is 5.11. The van der Waals surface area contributed by atoms with Crippen LogP contribution in [0.3, 0.4) is 0 Å². The van der Waals surface area contributed by atoms with Gasteiger partial charge >= 0.3 is 0 Å². The highest BCUT2D eigenvalue weighted by atomic mass is 15.2. The fourth-order valence-corrected chi connectivity index (χ4v) is 1.07. The molecule has 1 heterocycles. The molecule has 0 aliphatic heterocycles. The second-order valence-corrected chi connectivity index (χ2v) is 5.11. The van der Waals surface area contributed by atoms with E-state index in [9.17, 15) is 0 Å². The maximum atomic E-state index is 4.04. The monoisotopic (exact) mass is 207 g/mol. The van der Waals surface area contributed by atoms with Crippen molar-refractivity contribution in [1.29, 1.82) is 0 Å². The van der Waals surface area contributed by atoms with Crippen molar-refractivity contribution in [3.05, 3.63) is 17.8 Å². The molecule has 1 rings (SSSR count). The van der Waals surface area contributed by atoms with Gasteiger partial charge in [0.2, 0.25) is 0 Å². The summed E-state index contributed by atoms with van der Waals surface area (Å²) in [5.74, 6) is 1.51. The molecule has 0 aliphatic rings. The number of anilines is 1. The average Bonchev–Trinajstić information content (AvgIpc) is 2.15. The van der Waals surface area contributed by atoms with Crippen LogP contribution < -0.4 is 5.32 Å². The molecular weight excluding hydrogens is 186 g/mol. The highest BCUT2D eigenvalue weighted by molar-refractivity contribution is 5.35. The van der Waals surface area contributed by atoms with Gasteiger partial charge in [0.25, 0.3) is 0 Å². The zero-order valence-electron chi connectivity index (χ0n) is 10.3. The fourth-order valence-electron chi connectivity index (χ4n) is 1.07. The van der Waals surface area contributed by atoms with E-state index >= 15 is 0 Å². The first-order valence-corrected chi connectivity index (χ1v) is 5.45. The average molecular weight is 207 g/mol. The number of hydrogen-bond acceptors (Lipinski definition) is 3. The molecule has 1 aromatic rings. The number of aromatic nitrogens is 2. The van der Waals surface area contributed by atoms with Gasteiger partial charge in [-0.25, -0.2) is 0 Å². The predicted octanol–water partition coefficient (Wildman–Crippen LogP) is 2.88. The number of aryl methyl sites for hydroxylation is 1. The van der Waals surface area contributed by atoms with E-state index in [-0.39, 0.29) is 5.41 Å². The molecule has 0 aliphatic carbocycles. The lowest BCUT2D eigenvalue weighted by Gasteiger charge is -2.29. The van der Waals surface area contributed by atoms with E-state index in [0.717, 1.165) is 17.9 Å². The second kappa shape index (κ2) is 4.60. The third kappa shape index (κ3) is 3.50. The van der Waals surface area contributed by atoms with Crippen LogP contribution in [0.2, 0.25) is 0 Å². The molecule has 1 aromatic heterocycles. The Labute approximate surface area is 92.3 Å². The van der Waals surface area contributed by atoms with Crippen LogP contribution in [0.4, 0.5) is 5.82 Å². The van der Waals surface area contributed by atoms with Gasteiger partial charge in [0.15, 0.2) is 0 Å². The topological polar surface area (TPSA) is 37.8 Å². The quantitative estimate of drug-likeness (QED) is 0.825. The molecule has 0 spiro atoms. The standard InChI is InChI=1S/C12H21N3/c1-9(2)12(4,5)8-13-11-6-10(3)7-14-15-11/h6-7,9H,8H2,1-5H3,(H,13,15). The van der Waals surface area contributed by atoms with E-state index in [4.69, 9.17) is 0 Å². The highest BCUT2D eigenvalue weighted by Crippen LogP contribution is 2.25. The molecule has 0 aromatic carbocycles. The normalized spacial score (nSPS) is 11.9. The Morgan fingerprint density at radius 2 is 2.07 bits per heavy atom. The number of rotatable bonds is 4. The van der Waals surface area contributed by atoms with Crippen LogP contribution in [0.1, 0.15) is 33.3 Å². The van der Waals surface area contributed by atoms with Crippen molar-refractivity contribution in [3.63, 3.8) is 0 Å². The van der Waals surface area contributed by atoms with Gasteiger partial charge in [0.05, 0.1) is 6.20 Å². The minimum atomic E-state index is 0.269. The van der Waals surface area contributed by atoms with Gasteiger partial charge in [-0.2, -0.15) is 5.10 Å². The Morgan fingerprint density at radius 1 is 1.40 bits per heavy atom. The van der Waals surface area contributed by atoms with E-state index in [1.54, 1.807) is 6.20 Å². The van der Waals surface area contributed by atoms with Crippen LogP contribution in [0.5, 0.6) is 0 Å². The first-order chi connectivity index (χ1) is 6.92. The molecule has 1 N–H and O–H groups in total. The van der Waals surface area contributed by atoms with E-state index in [2.05, 4.69) is 43.2 Å². The summed E-state index contributed by atoms with van der Waals surface area (Å²) in [6.45, 7) is 11.9. The fraction of sp³-hybridized carbons (Fsp3) is 0.667. The molecular formula is C12H21N3. The van der Waals surface area contributed by atoms with Crippen LogP contribution in [0.25, 0.3) is 0 Å². The van der Waals surface area contributed by atoms with Gasteiger partial charge < -0.3 is 5.32 Å². The third-order valence-corrected chi connectivity index (χ3v) is 3.08.